The van der Waals surface area contributed by atoms with E-state index in [9.17, 15) is 4.79 Å². The molecule has 8 heteroatoms. The number of piperidine rings is 1. The molecule has 0 aliphatic carbocycles. The predicted octanol–water partition coefficient (Wildman–Crippen LogP) is 4.05. The molecule has 0 bridgehead atoms. The first kappa shape index (κ1) is 19.7. The Balaban J connectivity index is 1.51. The van der Waals surface area contributed by atoms with Crippen LogP contribution in [0.2, 0.25) is 5.15 Å². The van der Waals surface area contributed by atoms with E-state index in [1.165, 1.54) is 0 Å². The van der Waals surface area contributed by atoms with E-state index in [0.29, 0.717) is 24.8 Å². The second-order valence-corrected chi connectivity index (χ2v) is 7.49. The number of likely N-dealkylation sites (tertiary alicyclic amines) is 1. The molecule has 1 aliphatic heterocycles. The molecule has 0 unspecified atom stereocenters. The summed E-state index contributed by atoms with van der Waals surface area (Å²) in [6, 6.07) is 9.69. The van der Waals surface area contributed by atoms with Gasteiger partial charge in [-0.1, -0.05) is 41.9 Å². The van der Waals surface area contributed by atoms with Crippen LogP contribution in [0.15, 0.2) is 42.7 Å². The van der Waals surface area contributed by atoms with Crippen LogP contribution in [0.1, 0.15) is 35.8 Å². The van der Waals surface area contributed by atoms with Gasteiger partial charge in [-0.05, 0) is 18.4 Å². The molecule has 2 aromatic heterocycles. The zero-order valence-electron chi connectivity index (χ0n) is 16.3. The van der Waals surface area contributed by atoms with Gasteiger partial charge in [0.2, 0.25) is 0 Å². The first-order valence-corrected chi connectivity index (χ1v) is 10.0. The highest BCUT2D eigenvalue weighted by Crippen LogP contribution is 2.29. The van der Waals surface area contributed by atoms with Gasteiger partial charge in [-0.15, -0.1) is 0 Å². The third-order valence-corrected chi connectivity index (χ3v) is 5.45. The van der Waals surface area contributed by atoms with Gasteiger partial charge in [0, 0.05) is 26.1 Å². The highest BCUT2D eigenvalue weighted by Gasteiger charge is 2.29. The second kappa shape index (κ2) is 8.80. The molecule has 0 N–H and O–H groups in total. The highest BCUT2D eigenvalue weighted by atomic mass is 35.5. The fourth-order valence-corrected chi connectivity index (χ4v) is 3.95. The Morgan fingerprint density at radius 2 is 2.03 bits per heavy atom. The normalized spacial score (nSPS) is 16.9. The first-order chi connectivity index (χ1) is 14.2. The van der Waals surface area contributed by atoms with Gasteiger partial charge in [-0.2, -0.15) is 0 Å². The molecular formula is C21H23ClN4O3. The third kappa shape index (κ3) is 4.21. The van der Waals surface area contributed by atoms with Gasteiger partial charge in [-0.3, -0.25) is 4.40 Å². The second-order valence-electron chi connectivity index (χ2n) is 7.14. The van der Waals surface area contributed by atoms with Crippen LogP contribution in [-0.4, -0.2) is 45.6 Å². The van der Waals surface area contributed by atoms with Gasteiger partial charge in [0.15, 0.2) is 5.15 Å². The van der Waals surface area contributed by atoms with E-state index >= 15 is 0 Å². The van der Waals surface area contributed by atoms with Crippen molar-refractivity contribution in [2.75, 3.05) is 20.2 Å². The van der Waals surface area contributed by atoms with Crippen molar-refractivity contribution in [3.05, 3.63) is 65.0 Å². The lowest BCUT2D eigenvalue weighted by Crippen LogP contribution is -2.39. The summed E-state index contributed by atoms with van der Waals surface area (Å²) in [5.74, 6) is 0.960. The summed E-state index contributed by atoms with van der Waals surface area (Å²) in [6.45, 7) is 1.91. The molecule has 3 aromatic rings. The summed E-state index contributed by atoms with van der Waals surface area (Å²) in [6.07, 6.45) is 4.97. The lowest BCUT2D eigenvalue weighted by molar-refractivity contribution is 0.0852. The topological polar surface area (TPSA) is 69.0 Å². The Morgan fingerprint density at radius 3 is 2.83 bits per heavy atom. The number of rotatable bonds is 5. The summed E-state index contributed by atoms with van der Waals surface area (Å²) in [4.78, 5) is 23.2. The minimum absolute atomic E-state index is 0.0876. The first-order valence-electron chi connectivity index (χ1n) is 9.62. The molecule has 3 heterocycles. The molecule has 1 fully saturated rings. The number of benzene rings is 1. The monoisotopic (exact) mass is 414 g/mol. The molecule has 29 heavy (non-hydrogen) atoms. The van der Waals surface area contributed by atoms with E-state index in [0.717, 1.165) is 35.4 Å². The molecule has 4 rings (SSSR count). The maximum Gasteiger partial charge on any atom is 0.410 e. The van der Waals surface area contributed by atoms with Crippen LogP contribution in [0.5, 0.6) is 0 Å². The van der Waals surface area contributed by atoms with E-state index in [2.05, 4.69) is 9.97 Å². The minimum atomic E-state index is -0.295. The fourth-order valence-electron chi connectivity index (χ4n) is 3.77. The lowest BCUT2D eigenvalue weighted by atomic mass is 9.97. The summed E-state index contributed by atoms with van der Waals surface area (Å²) in [5, 5.41) is 0.401. The van der Waals surface area contributed by atoms with Crippen molar-refractivity contribution >= 4 is 23.2 Å². The number of hydrogen-bond acceptors (Lipinski definition) is 5. The Morgan fingerprint density at radius 1 is 1.21 bits per heavy atom. The number of nitrogens with zero attached hydrogens (tertiary/aromatic N) is 4. The Bertz CT molecular complexity index is 992. The summed E-state index contributed by atoms with van der Waals surface area (Å²) >= 11 is 6.26. The molecule has 1 saturated heterocycles. The lowest BCUT2D eigenvalue weighted by Gasteiger charge is -2.31. The van der Waals surface area contributed by atoms with E-state index < -0.39 is 0 Å². The van der Waals surface area contributed by atoms with Crippen molar-refractivity contribution in [2.45, 2.75) is 32.0 Å². The average Bonchev–Trinajstić information content (AvgIpc) is 3.21. The molecule has 0 radical (unpaired) electrons. The van der Waals surface area contributed by atoms with Gasteiger partial charge >= 0.3 is 6.09 Å². The molecular weight excluding hydrogens is 392 g/mol. The van der Waals surface area contributed by atoms with E-state index in [4.69, 9.17) is 21.1 Å². The molecule has 1 amide bonds. The van der Waals surface area contributed by atoms with Gasteiger partial charge < -0.3 is 14.4 Å². The van der Waals surface area contributed by atoms with E-state index in [-0.39, 0.29) is 18.6 Å². The maximum atomic E-state index is 12.6. The maximum absolute atomic E-state index is 12.6. The largest absolute Gasteiger partial charge is 0.445 e. The number of methoxy groups -OCH3 is 1. The molecule has 0 saturated carbocycles. The van der Waals surface area contributed by atoms with Crippen molar-refractivity contribution in [1.82, 2.24) is 19.3 Å². The smallest absolute Gasteiger partial charge is 0.410 e. The predicted molar refractivity (Wildman–Crippen MR) is 109 cm³/mol. The van der Waals surface area contributed by atoms with Crippen molar-refractivity contribution < 1.29 is 14.3 Å². The molecule has 7 nitrogen and oxygen atoms in total. The summed E-state index contributed by atoms with van der Waals surface area (Å²) in [7, 11) is 1.64. The summed E-state index contributed by atoms with van der Waals surface area (Å²) in [5.41, 5.74) is 2.60. The zero-order chi connectivity index (χ0) is 20.2. The van der Waals surface area contributed by atoms with Crippen molar-refractivity contribution in [2.24, 2.45) is 0 Å². The van der Waals surface area contributed by atoms with E-state index in [1.807, 2.05) is 34.7 Å². The minimum Gasteiger partial charge on any atom is -0.445 e. The van der Waals surface area contributed by atoms with Crippen molar-refractivity contribution in [1.29, 1.82) is 0 Å². The standard InChI is InChI=1S/C21H23ClN4O3/c1-28-14-17-10-23-19(22)18-11-24-20(26(17)18)16-8-5-9-25(12-16)21(27)29-13-15-6-3-2-4-7-15/h2-4,6-7,10-11,16H,5,8-9,12-14H2,1H3/t16-/m1/s1. The van der Waals surface area contributed by atoms with Crippen LogP contribution in [-0.2, 0) is 22.7 Å². The number of fused-ring (bicyclic) bond motifs is 1. The molecule has 1 aromatic carbocycles. The number of ether oxygens (including phenoxy) is 2. The Kier molecular flexibility index (Phi) is 5.97. The van der Waals surface area contributed by atoms with Crippen molar-refractivity contribution in [3.63, 3.8) is 0 Å². The number of imidazole rings is 1. The van der Waals surface area contributed by atoms with Gasteiger partial charge in [0.05, 0.1) is 24.7 Å². The SMILES string of the molecule is COCc1cnc(Cl)c2cnc([C@@H]3CCCN(C(=O)OCc4ccccc4)C3)n12. The third-order valence-electron chi connectivity index (χ3n) is 5.16. The molecule has 1 aliphatic rings. The van der Waals surface area contributed by atoms with Crippen LogP contribution >= 0.6 is 11.6 Å². The number of carbonyl (C=O) groups excluding carboxylic acids is 1. The zero-order valence-corrected chi connectivity index (χ0v) is 17.0. The van der Waals surface area contributed by atoms with E-state index in [1.54, 1.807) is 24.4 Å². The quantitative estimate of drug-likeness (QED) is 0.630. The molecule has 152 valence electrons. The summed E-state index contributed by atoms with van der Waals surface area (Å²) < 4.78 is 12.8. The van der Waals surface area contributed by atoms with Crippen LogP contribution in [0, 0.1) is 0 Å². The number of carbonyl (C=O) groups is 1. The van der Waals surface area contributed by atoms with Crippen LogP contribution in [0.25, 0.3) is 5.52 Å². The van der Waals surface area contributed by atoms with Crippen LogP contribution < -0.4 is 0 Å². The van der Waals surface area contributed by atoms with Gasteiger partial charge in [-0.25, -0.2) is 14.8 Å². The number of halogens is 1. The van der Waals surface area contributed by atoms with Gasteiger partial charge in [0.1, 0.15) is 17.9 Å². The van der Waals surface area contributed by atoms with Crippen LogP contribution in [0.3, 0.4) is 0 Å². The molecule has 0 spiro atoms. The number of hydrogen-bond donors (Lipinski definition) is 0. The fraction of sp³-hybridized carbons (Fsp3) is 0.381. The van der Waals surface area contributed by atoms with Gasteiger partial charge in [0.25, 0.3) is 0 Å². The highest BCUT2D eigenvalue weighted by molar-refractivity contribution is 6.32. The molecule has 1 atom stereocenters. The van der Waals surface area contributed by atoms with Crippen molar-refractivity contribution in [3.8, 4) is 0 Å². The van der Waals surface area contributed by atoms with Crippen LogP contribution in [0.4, 0.5) is 4.79 Å². The Labute approximate surface area is 174 Å². The number of aromatic nitrogens is 3. The number of amides is 1. The Hall–Kier alpha value is -2.64. The average molecular weight is 415 g/mol.